The van der Waals surface area contributed by atoms with E-state index in [0.717, 1.165) is 10.5 Å². The van der Waals surface area contributed by atoms with Crippen LogP contribution in [-0.2, 0) is 20.9 Å². The minimum Gasteiger partial charge on any atom is -0.462 e. The molecule has 0 aliphatic rings. The molecular formula is C20H21N3O4S2. The second kappa shape index (κ2) is 9.23. The third kappa shape index (κ3) is 4.86. The first-order chi connectivity index (χ1) is 13.9. The van der Waals surface area contributed by atoms with Crippen LogP contribution in [0.4, 0.5) is 5.82 Å². The Kier molecular flexibility index (Phi) is 6.71. The lowest BCUT2D eigenvalue weighted by atomic mass is 10.2. The number of ether oxygens (including phenoxy) is 2. The van der Waals surface area contributed by atoms with Crippen molar-refractivity contribution < 1.29 is 19.1 Å². The molecule has 2 N–H and O–H groups in total. The van der Waals surface area contributed by atoms with E-state index >= 15 is 0 Å². The number of fused-ring (bicyclic) bond motifs is 1. The number of aromatic nitrogens is 2. The van der Waals surface area contributed by atoms with Crippen LogP contribution in [0.5, 0.6) is 0 Å². The van der Waals surface area contributed by atoms with Gasteiger partial charge in [-0.25, -0.2) is 14.8 Å². The van der Waals surface area contributed by atoms with Crippen LogP contribution in [0, 0.1) is 13.8 Å². The summed E-state index contributed by atoms with van der Waals surface area (Å²) in [5.41, 5.74) is 7.86. The van der Waals surface area contributed by atoms with E-state index in [1.807, 2.05) is 31.2 Å². The number of hydrogen-bond acceptors (Lipinski definition) is 9. The summed E-state index contributed by atoms with van der Waals surface area (Å²) >= 11 is 2.61. The van der Waals surface area contributed by atoms with E-state index in [9.17, 15) is 9.59 Å². The third-order valence-corrected chi connectivity index (χ3v) is 6.44. The minimum absolute atomic E-state index is 0.0843. The van der Waals surface area contributed by atoms with Crippen molar-refractivity contribution in [1.82, 2.24) is 9.97 Å². The maximum Gasteiger partial charge on any atom is 0.348 e. The Labute approximate surface area is 176 Å². The molecule has 0 bridgehead atoms. The molecular weight excluding hydrogens is 410 g/mol. The standard InChI is InChI=1S/C20H21N3O4S2/c1-4-26-20(25)17-12(3)16-18(21)22-14(23-19(16)29-17)9-27-15(24)10-28-13-8-6-5-7-11(13)2/h5-8H,4,9-10H2,1-3H3,(H2,21,22,23). The Morgan fingerprint density at radius 3 is 2.66 bits per heavy atom. The number of thiophene rings is 1. The molecule has 7 nitrogen and oxygen atoms in total. The quantitative estimate of drug-likeness (QED) is 0.444. The van der Waals surface area contributed by atoms with E-state index in [1.165, 1.54) is 23.1 Å². The Bertz CT molecular complexity index is 1070. The van der Waals surface area contributed by atoms with Crippen LogP contribution in [0.1, 0.15) is 33.5 Å². The smallest absolute Gasteiger partial charge is 0.348 e. The molecule has 9 heteroatoms. The number of nitrogen functional groups attached to an aromatic ring is 1. The monoisotopic (exact) mass is 431 g/mol. The fourth-order valence-corrected chi connectivity index (χ4v) is 4.64. The van der Waals surface area contributed by atoms with Crippen molar-refractivity contribution in [2.45, 2.75) is 32.3 Å². The minimum atomic E-state index is -0.409. The number of rotatable bonds is 7. The average Bonchev–Trinajstić information content (AvgIpc) is 3.03. The highest BCUT2D eigenvalue weighted by atomic mass is 32.2. The van der Waals surface area contributed by atoms with Crippen LogP contribution in [0.3, 0.4) is 0 Å². The van der Waals surface area contributed by atoms with Crippen LogP contribution in [0.25, 0.3) is 10.2 Å². The fraction of sp³-hybridized carbons (Fsp3) is 0.300. The van der Waals surface area contributed by atoms with E-state index in [1.54, 1.807) is 13.8 Å². The first kappa shape index (κ1) is 21.1. The van der Waals surface area contributed by atoms with Crippen molar-refractivity contribution in [1.29, 1.82) is 0 Å². The normalized spacial score (nSPS) is 10.9. The number of nitrogens with two attached hydrogens (primary N) is 1. The largest absolute Gasteiger partial charge is 0.462 e. The molecule has 3 aromatic rings. The summed E-state index contributed by atoms with van der Waals surface area (Å²) in [4.78, 5) is 34.8. The molecule has 0 saturated heterocycles. The van der Waals surface area contributed by atoms with Gasteiger partial charge in [0, 0.05) is 4.90 Å². The van der Waals surface area contributed by atoms with E-state index in [4.69, 9.17) is 15.2 Å². The van der Waals surface area contributed by atoms with Crippen LogP contribution < -0.4 is 5.73 Å². The van der Waals surface area contributed by atoms with Crippen molar-refractivity contribution in [3.63, 3.8) is 0 Å². The number of carbonyl (C=O) groups is 2. The lowest BCUT2D eigenvalue weighted by Crippen LogP contribution is -2.10. The van der Waals surface area contributed by atoms with Gasteiger partial charge >= 0.3 is 11.9 Å². The molecule has 2 heterocycles. The number of anilines is 1. The van der Waals surface area contributed by atoms with Crippen molar-refractivity contribution in [2.75, 3.05) is 18.1 Å². The number of nitrogens with zero attached hydrogens (tertiary/aromatic N) is 2. The van der Waals surface area contributed by atoms with Gasteiger partial charge in [-0.05, 0) is 38.0 Å². The van der Waals surface area contributed by atoms with Gasteiger partial charge in [-0.15, -0.1) is 23.1 Å². The molecule has 29 heavy (non-hydrogen) atoms. The summed E-state index contributed by atoms with van der Waals surface area (Å²) in [7, 11) is 0. The Morgan fingerprint density at radius 2 is 1.93 bits per heavy atom. The number of esters is 2. The third-order valence-electron chi connectivity index (χ3n) is 4.13. The Hall–Kier alpha value is -2.65. The predicted molar refractivity (Wildman–Crippen MR) is 114 cm³/mol. The van der Waals surface area contributed by atoms with Crippen molar-refractivity contribution in [3.05, 3.63) is 46.1 Å². The molecule has 0 aliphatic heterocycles. The number of hydrogen-bond donors (Lipinski definition) is 1. The lowest BCUT2D eigenvalue weighted by molar-refractivity contribution is -0.141. The van der Waals surface area contributed by atoms with Gasteiger partial charge in [0.15, 0.2) is 12.4 Å². The summed E-state index contributed by atoms with van der Waals surface area (Å²) in [5.74, 6) is -0.0440. The molecule has 0 spiro atoms. The molecule has 152 valence electrons. The van der Waals surface area contributed by atoms with Gasteiger partial charge in [0.2, 0.25) is 0 Å². The zero-order valence-corrected chi connectivity index (χ0v) is 18.0. The van der Waals surface area contributed by atoms with Crippen LogP contribution in [0.15, 0.2) is 29.2 Å². The zero-order chi connectivity index (χ0) is 21.0. The van der Waals surface area contributed by atoms with E-state index in [0.29, 0.717) is 26.5 Å². The van der Waals surface area contributed by atoms with Crippen LogP contribution >= 0.6 is 23.1 Å². The molecule has 1 aromatic carbocycles. The van der Waals surface area contributed by atoms with Crippen LogP contribution in [-0.4, -0.2) is 34.3 Å². The van der Waals surface area contributed by atoms with Gasteiger partial charge in [0.05, 0.1) is 17.7 Å². The second-order valence-corrected chi connectivity index (χ2v) is 8.21. The summed E-state index contributed by atoms with van der Waals surface area (Å²) in [5, 5.41) is 0.628. The fourth-order valence-electron chi connectivity index (χ4n) is 2.71. The van der Waals surface area contributed by atoms with E-state index in [2.05, 4.69) is 9.97 Å². The predicted octanol–water partition coefficient (Wildman–Crippen LogP) is 3.90. The Morgan fingerprint density at radius 1 is 1.17 bits per heavy atom. The van der Waals surface area contributed by atoms with Crippen LogP contribution in [0.2, 0.25) is 0 Å². The topological polar surface area (TPSA) is 104 Å². The molecule has 3 rings (SSSR count). The number of aryl methyl sites for hydroxylation is 2. The summed E-state index contributed by atoms with van der Waals surface area (Å²) in [6, 6.07) is 7.84. The van der Waals surface area contributed by atoms with Crippen molar-refractivity contribution in [2.24, 2.45) is 0 Å². The molecule has 0 radical (unpaired) electrons. The lowest BCUT2D eigenvalue weighted by Gasteiger charge is -2.07. The molecule has 2 aromatic heterocycles. The highest BCUT2D eigenvalue weighted by Crippen LogP contribution is 2.33. The maximum absolute atomic E-state index is 12.1. The highest BCUT2D eigenvalue weighted by Gasteiger charge is 2.20. The Balaban J connectivity index is 1.68. The summed E-state index contributed by atoms with van der Waals surface area (Å²) < 4.78 is 10.4. The molecule has 0 amide bonds. The van der Waals surface area contributed by atoms with Gasteiger partial charge in [-0.1, -0.05) is 18.2 Å². The van der Waals surface area contributed by atoms with Gasteiger partial charge in [0.1, 0.15) is 15.5 Å². The molecule has 0 unspecified atom stereocenters. The maximum atomic E-state index is 12.1. The molecule has 0 fully saturated rings. The molecule has 0 atom stereocenters. The molecule has 0 aliphatic carbocycles. The van der Waals surface area contributed by atoms with Crippen molar-refractivity contribution in [3.8, 4) is 0 Å². The highest BCUT2D eigenvalue weighted by molar-refractivity contribution is 8.00. The van der Waals surface area contributed by atoms with Gasteiger partial charge in [0.25, 0.3) is 0 Å². The second-order valence-electron chi connectivity index (χ2n) is 6.20. The number of carbonyl (C=O) groups excluding carboxylic acids is 2. The number of thioether (sulfide) groups is 1. The van der Waals surface area contributed by atoms with Gasteiger partial charge in [-0.3, -0.25) is 4.79 Å². The van der Waals surface area contributed by atoms with E-state index < -0.39 is 5.97 Å². The SMILES string of the molecule is CCOC(=O)c1sc2nc(COC(=O)CSc3ccccc3C)nc(N)c2c1C. The average molecular weight is 432 g/mol. The van der Waals surface area contributed by atoms with Gasteiger partial charge < -0.3 is 15.2 Å². The van der Waals surface area contributed by atoms with Gasteiger partial charge in [-0.2, -0.15) is 0 Å². The van der Waals surface area contributed by atoms with E-state index in [-0.39, 0.29) is 30.8 Å². The summed E-state index contributed by atoms with van der Waals surface area (Å²) in [6.07, 6.45) is 0. The van der Waals surface area contributed by atoms with Crippen molar-refractivity contribution >= 4 is 51.1 Å². The molecule has 0 saturated carbocycles. The number of benzene rings is 1. The first-order valence-corrected chi connectivity index (χ1v) is 10.8. The first-order valence-electron chi connectivity index (χ1n) is 8.97. The summed E-state index contributed by atoms with van der Waals surface area (Å²) in [6.45, 7) is 5.73. The zero-order valence-electron chi connectivity index (χ0n) is 16.4.